The fraction of sp³-hybridized carbons (Fsp3) is 0.122. The zero-order valence-corrected chi connectivity index (χ0v) is 73.6. The summed E-state index contributed by atoms with van der Waals surface area (Å²) in [5.74, 6) is -3.02. The molecule has 1 atom stereocenters. The van der Waals surface area contributed by atoms with E-state index in [4.69, 9.17) is 10.00 Å². The Labute approximate surface area is 752 Å². The van der Waals surface area contributed by atoms with Crippen molar-refractivity contribution in [2.45, 2.75) is 32.2 Å². The third-order valence-corrected chi connectivity index (χ3v) is 25.3. The van der Waals surface area contributed by atoms with Crippen molar-refractivity contribution in [3.05, 3.63) is 312 Å². The second-order valence-electron chi connectivity index (χ2n) is 27.5. The Balaban J connectivity index is 0.000000125. The summed E-state index contributed by atoms with van der Waals surface area (Å²) in [4.78, 5) is 180. The zero-order chi connectivity index (χ0) is 90.2. The van der Waals surface area contributed by atoms with E-state index in [9.17, 15) is 57.1 Å². The van der Waals surface area contributed by atoms with Crippen molar-refractivity contribution in [1.82, 2.24) is 65.1 Å². The van der Waals surface area contributed by atoms with Crippen molar-refractivity contribution in [2.24, 2.45) is 4.99 Å². The lowest BCUT2D eigenvalue weighted by Crippen LogP contribution is -2.30. The van der Waals surface area contributed by atoms with Gasteiger partial charge in [-0.3, -0.25) is 48.1 Å². The first-order valence-corrected chi connectivity index (χ1v) is 44.5. The summed E-state index contributed by atoms with van der Waals surface area (Å²) in [6, 6.07) is 43.7. The van der Waals surface area contributed by atoms with Gasteiger partial charge in [-0.1, -0.05) is 105 Å². The van der Waals surface area contributed by atoms with Crippen molar-refractivity contribution in [1.29, 1.82) is 5.26 Å². The first-order valence-electron chi connectivity index (χ1n) is 38.3. The van der Waals surface area contributed by atoms with Gasteiger partial charge in [-0.25, -0.2) is 43.9 Å². The molecule has 128 heavy (non-hydrogen) atoms. The Morgan fingerprint density at radius 3 is 1.27 bits per heavy atom. The minimum absolute atomic E-state index is 0.00523. The third kappa shape index (κ3) is 20.4. The number of halogens is 1. The van der Waals surface area contributed by atoms with Crippen molar-refractivity contribution in [3.63, 3.8) is 0 Å². The maximum atomic E-state index is 13.3. The zero-order valence-electron chi connectivity index (χ0n) is 67.9. The summed E-state index contributed by atoms with van der Waals surface area (Å²) in [7, 11) is 5.15. The van der Waals surface area contributed by atoms with Crippen LogP contribution in [0, 0.1) is 17.1 Å². The van der Waals surface area contributed by atoms with Crippen LogP contribution in [0.4, 0.5) is 4.39 Å². The number of ether oxygens (including phenoxy) is 4. The molecule has 1 aliphatic heterocycles. The molecule has 1 aliphatic rings. The van der Waals surface area contributed by atoms with Crippen LogP contribution < -0.4 is 5.32 Å². The maximum Gasteiger partial charge on any atom is 0.357 e. The van der Waals surface area contributed by atoms with Crippen molar-refractivity contribution in [3.8, 4) is 6.07 Å². The van der Waals surface area contributed by atoms with Gasteiger partial charge in [0.1, 0.15) is 34.9 Å². The maximum absolute atomic E-state index is 13.3. The molecule has 13 heterocycles. The molecule has 38 heteroatoms. The number of fused-ring (bicyclic) bond motifs is 6. The minimum Gasteiger partial charge on any atom is -0.469 e. The summed E-state index contributed by atoms with van der Waals surface area (Å²) in [5.41, 5.74) is 11.1. The lowest BCUT2D eigenvalue weighted by Gasteiger charge is -2.00. The van der Waals surface area contributed by atoms with Gasteiger partial charge >= 0.3 is 23.9 Å². The largest absolute Gasteiger partial charge is 0.469 e. The number of aliphatic imine (C=N–C) groups is 1. The average molecular weight is 1840 g/mol. The predicted octanol–water partition coefficient (Wildman–Crippen LogP) is 16.7. The lowest BCUT2D eigenvalue weighted by atomic mass is 10.1. The highest BCUT2D eigenvalue weighted by Gasteiger charge is 2.30. The molecule has 18 aromatic rings. The number of nitrogens with one attached hydrogen (secondary N) is 7. The molecule has 6 aromatic carbocycles. The van der Waals surface area contributed by atoms with E-state index in [0.29, 0.717) is 92.4 Å². The molecule has 12 aromatic heterocycles. The molecule has 19 rings (SSSR count). The van der Waals surface area contributed by atoms with Gasteiger partial charge in [0, 0.05) is 141 Å². The fourth-order valence-electron chi connectivity index (χ4n) is 12.7. The number of thiazole rings is 6. The Morgan fingerprint density at radius 2 is 0.828 bits per heavy atom. The molecule has 0 bridgehead atoms. The molecule has 0 fully saturated rings. The van der Waals surface area contributed by atoms with Crippen LogP contribution in [0.25, 0.3) is 65.4 Å². The number of amides is 1. The van der Waals surface area contributed by atoms with Gasteiger partial charge in [0.05, 0.1) is 79.6 Å². The molecule has 0 spiro atoms. The standard InChI is InChI=1S/C17H13N3O3S2.C16H13N3O4S.C15H12N2O3S.C15H14N2OS.C14H9FN2O3S.C13H7N3OS/c1-23-17(22)13-8-24-15(20-13)12-7-25-16(19-12)14(21)10-6-18-11-5-3-2-4-9(10)11;1-23-13(20)7-18-15(22)12-8-24-16(19-12)14(21)10-6-17-11-5-3-2-4-9(10)11;1-20-13(18)6-9-8-21-15(17-9)14(19)11-7-16-12-5-3-2-4-10(11)12;1-9(2)13-8-19-15(17-13)14(18)11-7-16-12-6-4-3-5-10(11)12;1-20-14(19)11-6-21-13(17-11)12(18)9-5-16-10-3-2-7(15)4-8(9)10;14-5-8-7-18-13(16-8)12(17)10-6-15-11-4-2-1-3-9(10)11/h2-7,13,18H,8H2,1H3;2-6,8,17H,7H2,1H3,(H,18,22);2-5,7-8,16H,6H2,1H3;3-9,16H,1-2H3;2-6,16H,1H3;1-4,6-7,15H. The fourth-order valence-corrected chi connectivity index (χ4v) is 18.4. The number of benzene rings is 6. The predicted molar refractivity (Wildman–Crippen MR) is 488 cm³/mol. The number of thioether (sulfide) groups is 1. The first kappa shape index (κ1) is 89.4. The summed E-state index contributed by atoms with van der Waals surface area (Å²) < 4.78 is 31.6. The SMILES string of the molecule is CC(C)c1csc(C(=O)c2c[nH]c3ccccc23)n1.COC(=O)C1CSC(c2csc(C(=O)c3c[nH]c4ccccc34)n2)=N1.COC(=O)CNC(=O)c1csc(C(=O)c2c[nH]c3ccccc23)n1.COC(=O)Cc1csc(C(=O)c2c[nH]c3ccccc23)n1.COC(=O)c1csc(C(=O)c2c[nH]c3ccc(F)cc23)n1.N#Cc1csc(C(=O)c2c[nH]c3ccccc23)n1. The van der Waals surface area contributed by atoms with Crippen LogP contribution in [0.15, 0.2) is 214 Å². The number of nitrogens with zero attached hydrogens (tertiary/aromatic N) is 8. The topological polar surface area (TPSA) is 445 Å². The smallest absolute Gasteiger partial charge is 0.357 e. The number of nitriles is 1. The summed E-state index contributed by atoms with van der Waals surface area (Å²) in [6.45, 7) is 3.91. The first-order chi connectivity index (χ1) is 62.0. The number of aromatic amines is 6. The highest BCUT2D eigenvalue weighted by Crippen LogP contribution is 2.32. The van der Waals surface area contributed by atoms with Gasteiger partial charge in [-0.15, -0.1) is 79.8 Å². The number of H-pyrrole nitrogens is 6. The summed E-state index contributed by atoms with van der Waals surface area (Å²) in [6.07, 6.45) is 10.1. The van der Waals surface area contributed by atoms with E-state index in [1.165, 1.54) is 115 Å². The van der Waals surface area contributed by atoms with Gasteiger partial charge in [0.15, 0.2) is 47.5 Å². The van der Waals surface area contributed by atoms with Gasteiger partial charge in [-0.2, -0.15) is 5.26 Å². The number of para-hydroxylation sites is 5. The van der Waals surface area contributed by atoms with Crippen LogP contribution in [0.2, 0.25) is 0 Å². The minimum atomic E-state index is -0.602. The van der Waals surface area contributed by atoms with Crippen LogP contribution in [-0.2, 0) is 39.8 Å². The van der Waals surface area contributed by atoms with Crippen molar-refractivity contribution >= 4 is 215 Å². The van der Waals surface area contributed by atoms with Gasteiger partial charge in [0.25, 0.3) is 5.91 Å². The lowest BCUT2D eigenvalue weighted by molar-refractivity contribution is -0.141. The number of methoxy groups -OCH3 is 4. The number of carbonyl (C=O) groups excluding carboxylic acids is 11. The number of hydrogen-bond acceptors (Lipinski definition) is 30. The molecular weight excluding hydrogens is 1770 g/mol. The molecule has 0 radical (unpaired) electrons. The Bertz CT molecular complexity index is 7340. The number of rotatable bonds is 21. The van der Waals surface area contributed by atoms with Crippen LogP contribution in [0.3, 0.4) is 0 Å². The van der Waals surface area contributed by atoms with Crippen LogP contribution in [0.5, 0.6) is 0 Å². The van der Waals surface area contributed by atoms with Gasteiger partial charge in [-0.05, 0) is 54.4 Å². The molecule has 0 saturated heterocycles. The molecular formula is C90H68FN15O15S7. The third-order valence-electron chi connectivity index (χ3n) is 19.2. The van der Waals surface area contributed by atoms with Crippen molar-refractivity contribution in [2.75, 3.05) is 40.7 Å². The molecule has 0 aliphatic carbocycles. The molecule has 642 valence electrons. The summed E-state index contributed by atoms with van der Waals surface area (Å²) >= 11 is 8.70. The van der Waals surface area contributed by atoms with E-state index in [0.717, 1.165) is 82.9 Å². The second-order valence-corrected chi connectivity index (χ2v) is 33.7. The molecule has 1 amide bonds. The Hall–Kier alpha value is -14.9. The number of carbonyl (C=O) groups is 11. The van der Waals surface area contributed by atoms with E-state index in [2.05, 4.69) is 98.2 Å². The second kappa shape index (κ2) is 40.9. The quantitative estimate of drug-likeness (QED) is 0.0199. The van der Waals surface area contributed by atoms with Gasteiger partial charge in [0.2, 0.25) is 34.7 Å². The normalized spacial score (nSPS) is 11.9. The average Bonchev–Trinajstić information content (AvgIpc) is 1.67. The van der Waals surface area contributed by atoms with E-state index >= 15 is 0 Å². The highest BCUT2D eigenvalue weighted by molar-refractivity contribution is 8.14. The monoisotopic (exact) mass is 1840 g/mol. The van der Waals surface area contributed by atoms with E-state index in [-0.39, 0.29) is 86.7 Å². The molecule has 7 N–H and O–H groups in total. The van der Waals surface area contributed by atoms with Crippen LogP contribution >= 0.6 is 79.8 Å². The molecule has 1 unspecified atom stereocenters. The number of ketones is 6. The van der Waals surface area contributed by atoms with Gasteiger partial charge < -0.3 is 54.2 Å². The molecule has 0 saturated carbocycles. The van der Waals surface area contributed by atoms with Crippen molar-refractivity contribution < 1.29 is 76.1 Å². The van der Waals surface area contributed by atoms with E-state index < -0.39 is 29.7 Å². The van der Waals surface area contributed by atoms with E-state index in [1.807, 2.05) is 133 Å². The highest BCUT2D eigenvalue weighted by atomic mass is 32.2. The Kier molecular flexibility index (Phi) is 28.5. The van der Waals surface area contributed by atoms with Crippen LogP contribution in [0.1, 0.15) is 156 Å². The number of aromatic nitrogens is 12. The molecule has 30 nitrogen and oxygen atoms in total. The number of hydrogen-bond donors (Lipinski definition) is 7. The number of esters is 4. The van der Waals surface area contributed by atoms with E-state index in [1.54, 1.807) is 53.2 Å². The summed E-state index contributed by atoms with van der Waals surface area (Å²) in [5, 5.41) is 28.7. The Morgan fingerprint density at radius 1 is 0.438 bits per heavy atom. The van der Waals surface area contributed by atoms with Crippen LogP contribution in [-0.4, -0.2) is 176 Å².